The Labute approximate surface area is 113 Å². The molecule has 0 radical (unpaired) electrons. The predicted molar refractivity (Wildman–Crippen MR) is 73.3 cm³/mol. The molecule has 3 N–H and O–H groups in total. The van der Waals surface area contributed by atoms with E-state index in [1.165, 1.54) is 17.5 Å². The number of hydrogen-bond acceptors (Lipinski definition) is 3. The molecule has 3 aliphatic rings. The molecule has 0 amide bonds. The zero-order valence-electron chi connectivity index (χ0n) is 11.2. The van der Waals surface area contributed by atoms with Gasteiger partial charge in [-0.15, -0.1) is 0 Å². The van der Waals surface area contributed by atoms with Gasteiger partial charge in [-0.1, -0.05) is 18.9 Å². The zero-order valence-corrected chi connectivity index (χ0v) is 11.2. The Morgan fingerprint density at radius 2 is 2.00 bits per heavy atom. The van der Waals surface area contributed by atoms with E-state index in [0.29, 0.717) is 5.75 Å². The van der Waals surface area contributed by atoms with Crippen molar-refractivity contribution in [3.8, 4) is 5.75 Å². The van der Waals surface area contributed by atoms with Crippen molar-refractivity contribution < 1.29 is 10.2 Å². The van der Waals surface area contributed by atoms with E-state index in [-0.39, 0.29) is 11.5 Å². The normalized spacial score (nSPS) is 40.4. The van der Waals surface area contributed by atoms with Gasteiger partial charge in [-0.05, 0) is 55.5 Å². The minimum Gasteiger partial charge on any atom is -0.508 e. The van der Waals surface area contributed by atoms with Crippen LogP contribution in [-0.4, -0.2) is 28.4 Å². The maximum Gasteiger partial charge on any atom is 0.115 e. The number of piperidine rings is 1. The molecule has 1 aromatic carbocycles. The molecule has 3 nitrogen and oxygen atoms in total. The van der Waals surface area contributed by atoms with Crippen molar-refractivity contribution in [1.29, 1.82) is 0 Å². The Morgan fingerprint density at radius 1 is 1.16 bits per heavy atom. The number of phenolic OH excluding ortho intramolecular Hbond substituents is 1. The SMILES string of the molecule is Oc1ccc2c(c1)[C@@]13CCCC[C@@]1(O)[C@H](C2)NCC3. The van der Waals surface area contributed by atoms with Crippen molar-refractivity contribution in [2.75, 3.05) is 6.54 Å². The Bertz CT molecular complexity index is 525. The van der Waals surface area contributed by atoms with E-state index in [1.807, 2.05) is 12.1 Å². The molecule has 1 saturated heterocycles. The third-order valence-electron chi connectivity index (χ3n) is 5.79. The zero-order chi connectivity index (χ0) is 13.1. The van der Waals surface area contributed by atoms with Crippen LogP contribution in [0.5, 0.6) is 5.75 Å². The third-order valence-corrected chi connectivity index (χ3v) is 5.79. The number of benzene rings is 1. The molecular formula is C16H21NO2. The molecule has 1 saturated carbocycles. The van der Waals surface area contributed by atoms with Crippen LogP contribution in [0.25, 0.3) is 0 Å². The molecule has 1 aromatic rings. The quantitative estimate of drug-likeness (QED) is 0.666. The van der Waals surface area contributed by atoms with Crippen LogP contribution in [0.4, 0.5) is 0 Å². The van der Waals surface area contributed by atoms with E-state index in [1.54, 1.807) is 6.07 Å². The molecule has 2 aliphatic carbocycles. The lowest BCUT2D eigenvalue weighted by molar-refractivity contribution is -0.124. The second-order valence-electron chi connectivity index (χ2n) is 6.52. The molecule has 3 heteroatoms. The highest BCUT2D eigenvalue weighted by molar-refractivity contribution is 5.47. The van der Waals surface area contributed by atoms with Crippen LogP contribution in [-0.2, 0) is 11.8 Å². The average Bonchev–Trinajstić information content (AvgIpc) is 2.39. The summed E-state index contributed by atoms with van der Waals surface area (Å²) in [4.78, 5) is 0. The van der Waals surface area contributed by atoms with Crippen molar-refractivity contribution in [3.63, 3.8) is 0 Å². The van der Waals surface area contributed by atoms with Gasteiger partial charge in [-0.3, -0.25) is 0 Å². The Hall–Kier alpha value is -1.06. The Balaban J connectivity index is 1.97. The van der Waals surface area contributed by atoms with Crippen LogP contribution in [0, 0.1) is 0 Å². The first-order chi connectivity index (χ1) is 9.16. The van der Waals surface area contributed by atoms with Gasteiger partial charge in [0.15, 0.2) is 0 Å². The number of aromatic hydroxyl groups is 1. The van der Waals surface area contributed by atoms with Crippen LogP contribution in [0.1, 0.15) is 43.2 Å². The fourth-order valence-electron chi connectivity index (χ4n) is 4.91. The summed E-state index contributed by atoms with van der Waals surface area (Å²) in [7, 11) is 0. The van der Waals surface area contributed by atoms with Gasteiger partial charge in [0.2, 0.25) is 0 Å². The summed E-state index contributed by atoms with van der Waals surface area (Å²) in [5, 5.41) is 24.7. The fourth-order valence-corrected chi connectivity index (χ4v) is 4.91. The van der Waals surface area contributed by atoms with Gasteiger partial charge in [0.05, 0.1) is 5.60 Å². The molecule has 0 aromatic heterocycles. The number of rotatable bonds is 0. The van der Waals surface area contributed by atoms with Gasteiger partial charge in [-0.2, -0.15) is 0 Å². The molecule has 2 fully saturated rings. The summed E-state index contributed by atoms with van der Waals surface area (Å²) in [6, 6.07) is 5.91. The predicted octanol–water partition coefficient (Wildman–Crippen LogP) is 1.85. The largest absolute Gasteiger partial charge is 0.508 e. The highest BCUT2D eigenvalue weighted by Gasteiger charge is 2.61. The van der Waals surface area contributed by atoms with Gasteiger partial charge < -0.3 is 15.5 Å². The van der Waals surface area contributed by atoms with E-state index in [4.69, 9.17) is 0 Å². The topological polar surface area (TPSA) is 52.5 Å². The van der Waals surface area contributed by atoms with Crippen LogP contribution >= 0.6 is 0 Å². The van der Waals surface area contributed by atoms with Crippen molar-refractivity contribution in [2.24, 2.45) is 0 Å². The van der Waals surface area contributed by atoms with E-state index in [2.05, 4.69) is 5.32 Å². The van der Waals surface area contributed by atoms with Gasteiger partial charge in [0, 0.05) is 11.5 Å². The van der Waals surface area contributed by atoms with Crippen LogP contribution < -0.4 is 5.32 Å². The first-order valence-electron chi connectivity index (χ1n) is 7.44. The number of hydrogen-bond donors (Lipinski definition) is 3. The smallest absolute Gasteiger partial charge is 0.115 e. The summed E-state index contributed by atoms with van der Waals surface area (Å²) in [5.74, 6) is 0.332. The van der Waals surface area contributed by atoms with E-state index < -0.39 is 5.60 Å². The molecule has 4 rings (SSSR count). The van der Waals surface area contributed by atoms with Gasteiger partial charge in [0.1, 0.15) is 5.75 Å². The third kappa shape index (κ3) is 1.35. The second kappa shape index (κ2) is 3.74. The summed E-state index contributed by atoms with van der Waals surface area (Å²) in [6.45, 7) is 0.974. The summed E-state index contributed by atoms with van der Waals surface area (Å²) in [5.41, 5.74) is 1.77. The van der Waals surface area contributed by atoms with E-state index >= 15 is 0 Å². The fraction of sp³-hybridized carbons (Fsp3) is 0.625. The van der Waals surface area contributed by atoms with E-state index in [9.17, 15) is 10.2 Å². The van der Waals surface area contributed by atoms with Crippen LogP contribution in [0.2, 0.25) is 0 Å². The van der Waals surface area contributed by atoms with Gasteiger partial charge in [0.25, 0.3) is 0 Å². The number of fused-ring (bicyclic) bond motifs is 1. The van der Waals surface area contributed by atoms with Crippen LogP contribution in [0.3, 0.4) is 0 Å². The van der Waals surface area contributed by atoms with Crippen molar-refractivity contribution in [2.45, 2.75) is 55.6 Å². The number of aliphatic hydroxyl groups is 1. The molecule has 102 valence electrons. The minimum absolute atomic E-state index is 0.131. The summed E-state index contributed by atoms with van der Waals surface area (Å²) in [6.07, 6.45) is 6.11. The number of phenols is 1. The summed E-state index contributed by atoms with van der Waals surface area (Å²) < 4.78 is 0. The molecule has 0 spiro atoms. The van der Waals surface area contributed by atoms with Crippen molar-refractivity contribution in [1.82, 2.24) is 5.32 Å². The molecule has 1 aliphatic heterocycles. The maximum atomic E-state index is 11.4. The molecule has 0 unspecified atom stereocenters. The Kier molecular flexibility index (Phi) is 2.31. The van der Waals surface area contributed by atoms with Gasteiger partial charge in [-0.25, -0.2) is 0 Å². The Morgan fingerprint density at radius 3 is 2.89 bits per heavy atom. The number of nitrogens with one attached hydrogen (secondary N) is 1. The maximum absolute atomic E-state index is 11.4. The van der Waals surface area contributed by atoms with Gasteiger partial charge >= 0.3 is 0 Å². The summed E-state index contributed by atoms with van der Waals surface area (Å²) >= 11 is 0. The lowest BCUT2D eigenvalue weighted by Crippen LogP contribution is -2.71. The molecule has 19 heavy (non-hydrogen) atoms. The molecule has 2 bridgehead atoms. The van der Waals surface area contributed by atoms with Crippen molar-refractivity contribution >= 4 is 0 Å². The van der Waals surface area contributed by atoms with E-state index in [0.717, 1.165) is 38.6 Å². The first-order valence-corrected chi connectivity index (χ1v) is 7.44. The van der Waals surface area contributed by atoms with Crippen LogP contribution in [0.15, 0.2) is 18.2 Å². The monoisotopic (exact) mass is 259 g/mol. The first kappa shape index (κ1) is 11.7. The molecular weight excluding hydrogens is 238 g/mol. The molecule has 1 heterocycles. The highest BCUT2D eigenvalue weighted by Crippen LogP contribution is 2.56. The standard InChI is InChI=1S/C16H21NO2/c18-12-4-3-11-9-14-16(19)6-2-1-5-15(16,7-8-17-14)13(11)10-12/h3-4,10,14,17-19H,1-2,5-9H2/t14-,15-,16+/m0/s1. The lowest BCUT2D eigenvalue weighted by Gasteiger charge is -2.61. The lowest BCUT2D eigenvalue weighted by atomic mass is 9.50. The van der Waals surface area contributed by atoms with Crippen molar-refractivity contribution in [3.05, 3.63) is 29.3 Å². The second-order valence-corrected chi connectivity index (χ2v) is 6.52. The minimum atomic E-state index is -0.621. The highest BCUT2D eigenvalue weighted by atomic mass is 16.3. The average molecular weight is 259 g/mol. The molecule has 3 atom stereocenters.